The number of benzene rings is 1. The number of halogens is 1. The van der Waals surface area contributed by atoms with E-state index in [-0.39, 0.29) is 11.7 Å². The van der Waals surface area contributed by atoms with Crippen molar-refractivity contribution < 1.29 is 9.18 Å². The number of carbonyl (C=O) groups excluding carboxylic acids is 1. The van der Waals surface area contributed by atoms with Crippen molar-refractivity contribution in [2.45, 2.75) is 18.3 Å². The van der Waals surface area contributed by atoms with Gasteiger partial charge in [0.2, 0.25) is 5.91 Å². The number of amides is 1. The number of nitrogens with zero attached hydrogens (tertiary/aromatic N) is 1. The minimum atomic E-state index is -0.402. The SMILES string of the molecule is CN(C)c1cc2c(cc1F)C1(CC1)C(=O)N2. The van der Waals surface area contributed by atoms with E-state index in [0.29, 0.717) is 5.69 Å². The molecule has 1 aromatic carbocycles. The van der Waals surface area contributed by atoms with Crippen LogP contribution in [0.5, 0.6) is 0 Å². The second-order valence-electron chi connectivity index (χ2n) is 4.78. The highest BCUT2D eigenvalue weighted by atomic mass is 19.1. The molecule has 1 amide bonds. The van der Waals surface area contributed by atoms with E-state index in [1.165, 1.54) is 6.07 Å². The highest BCUT2D eigenvalue weighted by molar-refractivity contribution is 6.08. The van der Waals surface area contributed by atoms with Crippen molar-refractivity contribution in [1.82, 2.24) is 0 Å². The molecule has 0 unspecified atom stereocenters. The normalized spacial score (nSPS) is 19.6. The summed E-state index contributed by atoms with van der Waals surface area (Å²) in [5, 5.41) is 2.84. The van der Waals surface area contributed by atoms with Gasteiger partial charge in [0.05, 0.1) is 11.1 Å². The van der Waals surface area contributed by atoms with Crippen molar-refractivity contribution in [3.8, 4) is 0 Å². The second-order valence-corrected chi connectivity index (χ2v) is 4.78. The Bertz CT molecular complexity index is 492. The minimum absolute atomic E-state index is 0.0257. The molecule has 1 spiro atoms. The van der Waals surface area contributed by atoms with Crippen LogP contribution in [-0.4, -0.2) is 20.0 Å². The van der Waals surface area contributed by atoms with Crippen LogP contribution in [0.1, 0.15) is 18.4 Å². The van der Waals surface area contributed by atoms with Gasteiger partial charge in [0, 0.05) is 19.8 Å². The summed E-state index contributed by atoms with van der Waals surface area (Å²) in [5.41, 5.74) is 1.71. The maximum absolute atomic E-state index is 13.8. The van der Waals surface area contributed by atoms with Crippen molar-refractivity contribution >= 4 is 17.3 Å². The van der Waals surface area contributed by atoms with Gasteiger partial charge in [-0.1, -0.05) is 0 Å². The molecule has 1 N–H and O–H groups in total. The highest BCUT2D eigenvalue weighted by Crippen LogP contribution is 2.55. The zero-order chi connectivity index (χ0) is 11.5. The molecule has 4 heteroatoms. The molecule has 1 aromatic rings. The third-order valence-corrected chi connectivity index (χ3v) is 3.52. The summed E-state index contributed by atoms with van der Waals surface area (Å²) in [4.78, 5) is 13.5. The van der Waals surface area contributed by atoms with Crippen molar-refractivity contribution in [2.24, 2.45) is 0 Å². The van der Waals surface area contributed by atoms with Gasteiger partial charge in [-0.05, 0) is 30.5 Å². The summed E-state index contributed by atoms with van der Waals surface area (Å²) in [6.07, 6.45) is 1.68. The monoisotopic (exact) mass is 220 g/mol. The lowest BCUT2D eigenvalue weighted by molar-refractivity contribution is -0.117. The van der Waals surface area contributed by atoms with Crippen LogP contribution in [0.15, 0.2) is 12.1 Å². The summed E-state index contributed by atoms with van der Waals surface area (Å²) in [6.45, 7) is 0. The first-order valence-electron chi connectivity index (χ1n) is 5.37. The van der Waals surface area contributed by atoms with E-state index in [9.17, 15) is 9.18 Å². The minimum Gasteiger partial charge on any atom is -0.375 e. The molecule has 3 rings (SSSR count). The predicted molar refractivity (Wildman–Crippen MR) is 60.3 cm³/mol. The Morgan fingerprint density at radius 1 is 1.38 bits per heavy atom. The summed E-state index contributed by atoms with van der Waals surface area (Å²) < 4.78 is 13.8. The van der Waals surface area contributed by atoms with Crippen molar-refractivity contribution in [2.75, 3.05) is 24.3 Å². The summed E-state index contributed by atoms with van der Waals surface area (Å²) in [7, 11) is 3.57. The molecule has 1 saturated carbocycles. The van der Waals surface area contributed by atoms with E-state index in [1.807, 2.05) is 0 Å². The van der Waals surface area contributed by atoms with E-state index >= 15 is 0 Å². The molecule has 1 aliphatic carbocycles. The van der Waals surface area contributed by atoms with E-state index in [2.05, 4.69) is 5.32 Å². The quantitative estimate of drug-likeness (QED) is 0.783. The lowest BCUT2D eigenvalue weighted by Crippen LogP contribution is -2.18. The first-order valence-corrected chi connectivity index (χ1v) is 5.37. The number of hydrogen-bond donors (Lipinski definition) is 1. The fourth-order valence-corrected chi connectivity index (χ4v) is 2.39. The number of rotatable bonds is 1. The Morgan fingerprint density at radius 2 is 2.06 bits per heavy atom. The van der Waals surface area contributed by atoms with E-state index < -0.39 is 5.41 Å². The first kappa shape index (κ1) is 9.63. The zero-order valence-electron chi connectivity index (χ0n) is 9.30. The van der Waals surface area contributed by atoms with Gasteiger partial charge >= 0.3 is 0 Å². The smallest absolute Gasteiger partial charge is 0.235 e. The number of anilines is 2. The Morgan fingerprint density at radius 3 is 2.62 bits per heavy atom. The van der Waals surface area contributed by atoms with Gasteiger partial charge in [0.1, 0.15) is 5.82 Å². The Balaban J connectivity index is 2.17. The molecule has 0 radical (unpaired) electrons. The van der Waals surface area contributed by atoms with Crippen LogP contribution in [0.25, 0.3) is 0 Å². The van der Waals surface area contributed by atoms with Gasteiger partial charge in [0.15, 0.2) is 0 Å². The van der Waals surface area contributed by atoms with Crippen LogP contribution >= 0.6 is 0 Å². The molecule has 0 saturated heterocycles. The average molecular weight is 220 g/mol. The number of hydrogen-bond acceptors (Lipinski definition) is 2. The zero-order valence-corrected chi connectivity index (χ0v) is 9.30. The van der Waals surface area contributed by atoms with Crippen molar-refractivity contribution in [3.05, 3.63) is 23.5 Å². The van der Waals surface area contributed by atoms with E-state index in [0.717, 1.165) is 24.1 Å². The van der Waals surface area contributed by atoms with Gasteiger partial charge < -0.3 is 10.2 Å². The van der Waals surface area contributed by atoms with Crippen LogP contribution < -0.4 is 10.2 Å². The van der Waals surface area contributed by atoms with Gasteiger partial charge in [-0.2, -0.15) is 0 Å². The van der Waals surface area contributed by atoms with Crippen LogP contribution in [0, 0.1) is 5.82 Å². The Kier molecular flexibility index (Phi) is 1.66. The Hall–Kier alpha value is -1.58. The van der Waals surface area contributed by atoms with Crippen LogP contribution in [-0.2, 0) is 10.2 Å². The van der Waals surface area contributed by atoms with E-state index in [1.54, 1.807) is 25.1 Å². The fourth-order valence-electron chi connectivity index (χ4n) is 2.39. The van der Waals surface area contributed by atoms with Gasteiger partial charge in [-0.3, -0.25) is 4.79 Å². The molecule has 3 nitrogen and oxygen atoms in total. The van der Waals surface area contributed by atoms with Crippen LogP contribution in [0.4, 0.5) is 15.8 Å². The van der Waals surface area contributed by atoms with Gasteiger partial charge in [-0.25, -0.2) is 4.39 Å². The topological polar surface area (TPSA) is 32.3 Å². The molecular weight excluding hydrogens is 207 g/mol. The molecule has 1 aliphatic heterocycles. The Labute approximate surface area is 93.2 Å². The second kappa shape index (κ2) is 2.75. The molecule has 1 fully saturated rings. The molecule has 84 valence electrons. The molecule has 1 heterocycles. The first-order chi connectivity index (χ1) is 7.54. The third kappa shape index (κ3) is 1.04. The largest absolute Gasteiger partial charge is 0.375 e. The highest BCUT2D eigenvalue weighted by Gasteiger charge is 2.56. The summed E-state index contributed by atoms with van der Waals surface area (Å²) in [6, 6.07) is 3.23. The number of nitrogens with one attached hydrogen (secondary N) is 1. The summed E-state index contributed by atoms with van der Waals surface area (Å²) in [5.74, 6) is -0.232. The van der Waals surface area contributed by atoms with Crippen molar-refractivity contribution in [3.63, 3.8) is 0 Å². The molecule has 16 heavy (non-hydrogen) atoms. The lowest BCUT2D eigenvalue weighted by Gasteiger charge is -2.15. The molecule has 2 aliphatic rings. The molecule has 0 atom stereocenters. The van der Waals surface area contributed by atoms with Crippen LogP contribution in [0.2, 0.25) is 0 Å². The summed E-state index contributed by atoms with van der Waals surface area (Å²) >= 11 is 0. The third-order valence-electron chi connectivity index (χ3n) is 3.52. The molecular formula is C12H13FN2O. The van der Waals surface area contributed by atoms with Gasteiger partial charge in [0.25, 0.3) is 0 Å². The fraction of sp³-hybridized carbons (Fsp3) is 0.417. The lowest BCUT2D eigenvalue weighted by atomic mass is 9.97. The number of carbonyl (C=O) groups is 1. The molecule has 0 bridgehead atoms. The van der Waals surface area contributed by atoms with Crippen LogP contribution in [0.3, 0.4) is 0 Å². The maximum atomic E-state index is 13.8. The maximum Gasteiger partial charge on any atom is 0.235 e. The van der Waals surface area contributed by atoms with Gasteiger partial charge in [-0.15, -0.1) is 0 Å². The molecule has 0 aromatic heterocycles. The standard InChI is InChI=1S/C12H13FN2O/c1-15(2)10-6-9-7(5-8(10)13)12(3-4-12)11(16)14-9/h5-6H,3-4H2,1-2H3,(H,14,16). The average Bonchev–Trinajstić information content (AvgIpc) is 2.95. The number of fused-ring (bicyclic) bond motifs is 2. The van der Waals surface area contributed by atoms with Crippen molar-refractivity contribution in [1.29, 1.82) is 0 Å². The van der Waals surface area contributed by atoms with E-state index in [4.69, 9.17) is 0 Å². The predicted octanol–water partition coefficient (Wildman–Crippen LogP) is 1.88.